The van der Waals surface area contributed by atoms with Crippen molar-refractivity contribution in [1.29, 1.82) is 0 Å². The highest BCUT2D eigenvalue weighted by molar-refractivity contribution is 5.92. The first-order chi connectivity index (χ1) is 14.8. The fraction of sp³-hybridized carbons (Fsp3) is 0.520. The highest BCUT2D eigenvalue weighted by Crippen LogP contribution is 2.30. The van der Waals surface area contributed by atoms with Crippen molar-refractivity contribution in [3.8, 4) is 11.3 Å². The average molecular weight is 429 g/mol. The Kier molecular flexibility index (Phi) is 7.52. The van der Waals surface area contributed by atoms with Crippen LogP contribution in [-0.2, 0) is 16.1 Å². The first kappa shape index (κ1) is 23.0. The first-order valence-electron chi connectivity index (χ1n) is 11.2. The lowest BCUT2D eigenvalue weighted by atomic mass is 9.78. The van der Waals surface area contributed by atoms with Gasteiger partial charge in [-0.25, -0.2) is 9.18 Å². The third kappa shape index (κ3) is 5.35. The Morgan fingerprint density at radius 3 is 2.58 bits per heavy atom. The van der Waals surface area contributed by atoms with Gasteiger partial charge in [0.15, 0.2) is 0 Å². The van der Waals surface area contributed by atoms with Crippen LogP contribution in [0.5, 0.6) is 0 Å². The SMILES string of the molecule is CCOC(=O)c1cc(-c2ccc(F)cc2)n(CCC(=O)NC2CCCC(C)C2C)c1C. The second-order valence-electron chi connectivity index (χ2n) is 8.60. The molecule has 0 bridgehead atoms. The van der Waals surface area contributed by atoms with Gasteiger partial charge >= 0.3 is 5.97 Å². The third-order valence-electron chi connectivity index (χ3n) is 6.62. The molecule has 1 aromatic heterocycles. The van der Waals surface area contributed by atoms with Gasteiger partial charge in [0, 0.05) is 30.4 Å². The van der Waals surface area contributed by atoms with E-state index in [1.54, 1.807) is 25.1 Å². The van der Waals surface area contributed by atoms with Crippen molar-refractivity contribution in [2.45, 2.75) is 66.0 Å². The highest BCUT2D eigenvalue weighted by Gasteiger charge is 2.28. The van der Waals surface area contributed by atoms with Crippen LogP contribution >= 0.6 is 0 Å². The van der Waals surface area contributed by atoms with Gasteiger partial charge in [-0.1, -0.05) is 26.7 Å². The summed E-state index contributed by atoms with van der Waals surface area (Å²) in [5, 5.41) is 3.21. The van der Waals surface area contributed by atoms with Crippen LogP contribution in [0, 0.1) is 24.6 Å². The summed E-state index contributed by atoms with van der Waals surface area (Å²) in [7, 11) is 0. The van der Waals surface area contributed by atoms with Gasteiger partial charge in [-0.05, 0) is 68.0 Å². The van der Waals surface area contributed by atoms with Crippen molar-refractivity contribution in [2.75, 3.05) is 6.61 Å². The van der Waals surface area contributed by atoms with Crippen molar-refractivity contribution in [1.82, 2.24) is 9.88 Å². The fourth-order valence-corrected chi connectivity index (χ4v) is 4.49. The molecule has 168 valence electrons. The molecule has 0 spiro atoms. The summed E-state index contributed by atoms with van der Waals surface area (Å²) in [5.41, 5.74) is 2.77. The lowest BCUT2D eigenvalue weighted by Gasteiger charge is -2.34. The molecular weight excluding hydrogens is 395 g/mol. The molecule has 0 radical (unpaired) electrons. The third-order valence-corrected chi connectivity index (χ3v) is 6.62. The molecule has 1 heterocycles. The monoisotopic (exact) mass is 428 g/mol. The number of nitrogens with one attached hydrogen (secondary N) is 1. The van der Waals surface area contributed by atoms with Gasteiger partial charge in [-0.15, -0.1) is 0 Å². The maximum Gasteiger partial charge on any atom is 0.339 e. The van der Waals surface area contributed by atoms with E-state index < -0.39 is 5.97 Å². The van der Waals surface area contributed by atoms with E-state index in [2.05, 4.69) is 19.2 Å². The predicted octanol–water partition coefficient (Wildman–Crippen LogP) is 5.11. The maximum absolute atomic E-state index is 13.4. The lowest BCUT2D eigenvalue weighted by molar-refractivity contribution is -0.122. The van der Waals surface area contributed by atoms with E-state index in [0.717, 1.165) is 29.8 Å². The normalized spacial score (nSPS) is 21.0. The van der Waals surface area contributed by atoms with E-state index in [0.29, 0.717) is 30.4 Å². The Balaban J connectivity index is 1.79. The van der Waals surface area contributed by atoms with Crippen molar-refractivity contribution >= 4 is 11.9 Å². The van der Waals surface area contributed by atoms with Crippen molar-refractivity contribution in [3.05, 3.63) is 47.4 Å². The number of benzene rings is 1. The molecule has 31 heavy (non-hydrogen) atoms. The molecule has 6 heteroatoms. The van der Waals surface area contributed by atoms with Gasteiger partial charge in [-0.3, -0.25) is 4.79 Å². The molecule has 0 aliphatic heterocycles. The summed E-state index contributed by atoms with van der Waals surface area (Å²) in [4.78, 5) is 25.1. The zero-order valence-corrected chi connectivity index (χ0v) is 18.9. The summed E-state index contributed by atoms with van der Waals surface area (Å²) < 4.78 is 20.6. The number of carbonyl (C=O) groups excluding carboxylic acids is 2. The van der Waals surface area contributed by atoms with Crippen LogP contribution in [0.3, 0.4) is 0 Å². The minimum absolute atomic E-state index is 0.0155. The molecule has 3 unspecified atom stereocenters. The first-order valence-corrected chi connectivity index (χ1v) is 11.2. The van der Waals surface area contributed by atoms with Crippen molar-refractivity contribution in [2.24, 2.45) is 11.8 Å². The summed E-state index contributed by atoms with van der Waals surface area (Å²) in [6.45, 7) is 8.79. The van der Waals surface area contributed by atoms with Gasteiger partial charge in [-0.2, -0.15) is 0 Å². The summed E-state index contributed by atoms with van der Waals surface area (Å²) in [5.74, 6) is 0.386. The number of halogens is 1. The number of ether oxygens (including phenoxy) is 1. The van der Waals surface area contributed by atoms with Gasteiger partial charge < -0.3 is 14.6 Å². The van der Waals surface area contributed by atoms with E-state index in [-0.39, 0.29) is 24.4 Å². The number of rotatable bonds is 7. The number of amides is 1. The zero-order valence-electron chi connectivity index (χ0n) is 18.9. The number of nitrogens with zero attached hydrogens (tertiary/aromatic N) is 1. The predicted molar refractivity (Wildman–Crippen MR) is 119 cm³/mol. The molecule has 3 atom stereocenters. The minimum atomic E-state index is -0.392. The van der Waals surface area contributed by atoms with E-state index >= 15 is 0 Å². The van der Waals surface area contributed by atoms with Crippen LogP contribution in [0.25, 0.3) is 11.3 Å². The van der Waals surface area contributed by atoms with Crippen molar-refractivity contribution in [3.63, 3.8) is 0 Å². The second kappa shape index (κ2) is 10.1. The van der Waals surface area contributed by atoms with Crippen LogP contribution in [-0.4, -0.2) is 29.1 Å². The standard InChI is InChI=1S/C25H33FN2O3/c1-5-31-25(30)21-15-23(19-9-11-20(26)12-10-19)28(18(21)4)14-13-24(29)27-22-8-6-7-16(2)17(22)3/h9-12,15-17,22H,5-8,13-14H2,1-4H3,(H,27,29). The fourth-order valence-electron chi connectivity index (χ4n) is 4.49. The Morgan fingerprint density at radius 1 is 1.19 bits per heavy atom. The topological polar surface area (TPSA) is 60.3 Å². The van der Waals surface area contributed by atoms with Gasteiger partial charge in [0.05, 0.1) is 12.2 Å². The molecule has 1 amide bonds. The Morgan fingerprint density at radius 2 is 1.90 bits per heavy atom. The number of hydrogen-bond acceptors (Lipinski definition) is 3. The van der Waals surface area contributed by atoms with E-state index in [9.17, 15) is 14.0 Å². The summed E-state index contributed by atoms with van der Waals surface area (Å²) >= 11 is 0. The highest BCUT2D eigenvalue weighted by atomic mass is 19.1. The quantitative estimate of drug-likeness (QED) is 0.624. The van der Waals surface area contributed by atoms with Crippen LogP contribution in [0.1, 0.15) is 62.5 Å². The Bertz CT molecular complexity index is 920. The van der Waals surface area contributed by atoms with Crippen LogP contribution in [0.2, 0.25) is 0 Å². The molecule has 1 N–H and O–H groups in total. The van der Waals surface area contributed by atoms with Gasteiger partial charge in [0.25, 0.3) is 0 Å². The maximum atomic E-state index is 13.4. The molecule has 1 fully saturated rings. The van der Waals surface area contributed by atoms with E-state index in [4.69, 9.17) is 4.74 Å². The van der Waals surface area contributed by atoms with Gasteiger partial charge in [0.2, 0.25) is 5.91 Å². The lowest BCUT2D eigenvalue weighted by Crippen LogP contribution is -2.43. The van der Waals surface area contributed by atoms with E-state index in [1.165, 1.54) is 18.6 Å². The van der Waals surface area contributed by atoms with Crippen LogP contribution in [0.15, 0.2) is 30.3 Å². The van der Waals surface area contributed by atoms with Crippen LogP contribution < -0.4 is 5.32 Å². The molecule has 0 saturated heterocycles. The Hall–Kier alpha value is -2.63. The zero-order chi connectivity index (χ0) is 22.5. The second-order valence-corrected chi connectivity index (χ2v) is 8.60. The number of carbonyl (C=O) groups is 2. The largest absolute Gasteiger partial charge is 0.462 e. The minimum Gasteiger partial charge on any atom is -0.462 e. The smallest absolute Gasteiger partial charge is 0.339 e. The Labute approximate surface area is 184 Å². The summed E-state index contributed by atoms with van der Waals surface area (Å²) in [6, 6.07) is 8.13. The summed E-state index contributed by atoms with van der Waals surface area (Å²) in [6.07, 6.45) is 3.69. The molecule has 1 aliphatic rings. The number of esters is 1. The molecule has 3 rings (SSSR count). The molecule has 1 saturated carbocycles. The average Bonchev–Trinajstić information content (AvgIpc) is 3.07. The van der Waals surface area contributed by atoms with E-state index in [1.807, 2.05) is 11.5 Å². The van der Waals surface area contributed by atoms with Crippen LogP contribution in [0.4, 0.5) is 4.39 Å². The molecule has 1 aliphatic carbocycles. The molecule has 5 nitrogen and oxygen atoms in total. The van der Waals surface area contributed by atoms with Crippen molar-refractivity contribution < 1.29 is 18.7 Å². The number of hydrogen-bond donors (Lipinski definition) is 1. The molecule has 2 aromatic rings. The van der Waals surface area contributed by atoms with Gasteiger partial charge in [0.1, 0.15) is 5.82 Å². The molecular formula is C25H33FN2O3. The molecule has 1 aromatic carbocycles. The number of aromatic nitrogens is 1.